The van der Waals surface area contributed by atoms with E-state index < -0.39 is 0 Å². The predicted octanol–water partition coefficient (Wildman–Crippen LogP) is 2.13. The molecule has 114 valence electrons. The zero-order valence-electron chi connectivity index (χ0n) is 13.5. The van der Waals surface area contributed by atoms with Crippen LogP contribution in [-0.4, -0.2) is 30.8 Å². The van der Waals surface area contributed by atoms with E-state index in [9.17, 15) is 4.79 Å². The Balaban J connectivity index is 2.09. The molecule has 1 aliphatic rings. The smallest absolute Gasteiger partial charge is 0.399 e. The van der Waals surface area contributed by atoms with Gasteiger partial charge in [-0.25, -0.2) is 0 Å². The van der Waals surface area contributed by atoms with E-state index in [1.165, 1.54) is 0 Å². The lowest BCUT2D eigenvalue weighted by atomic mass is 9.79. The van der Waals surface area contributed by atoms with Crippen molar-refractivity contribution < 1.29 is 14.1 Å². The molecule has 0 bridgehead atoms. The van der Waals surface area contributed by atoms with Crippen molar-refractivity contribution in [2.45, 2.75) is 52.2 Å². The fraction of sp³-hybridized carbons (Fsp3) is 0.562. The molecule has 5 heteroatoms. The van der Waals surface area contributed by atoms with Crippen LogP contribution in [0.3, 0.4) is 0 Å². The summed E-state index contributed by atoms with van der Waals surface area (Å²) < 4.78 is 12.0. The topological polar surface area (TPSA) is 47.6 Å². The average molecular weight is 289 g/mol. The predicted molar refractivity (Wildman–Crippen MR) is 84.8 cm³/mol. The third-order valence-corrected chi connectivity index (χ3v) is 4.23. The maximum absolute atomic E-state index is 11.9. The maximum atomic E-state index is 11.9. The summed E-state index contributed by atoms with van der Waals surface area (Å²) >= 11 is 0. The molecule has 0 unspecified atom stereocenters. The van der Waals surface area contributed by atoms with Gasteiger partial charge in [0.1, 0.15) is 0 Å². The van der Waals surface area contributed by atoms with Gasteiger partial charge in [0.15, 0.2) is 0 Å². The van der Waals surface area contributed by atoms with Crippen molar-refractivity contribution in [1.29, 1.82) is 0 Å². The first kappa shape index (κ1) is 16.1. The van der Waals surface area contributed by atoms with Gasteiger partial charge in [0, 0.05) is 12.1 Å². The molecule has 0 atom stereocenters. The fourth-order valence-corrected chi connectivity index (χ4v) is 2.11. The first-order valence-corrected chi connectivity index (χ1v) is 7.50. The molecule has 1 heterocycles. The van der Waals surface area contributed by atoms with Crippen molar-refractivity contribution in [2.24, 2.45) is 0 Å². The Morgan fingerprint density at radius 1 is 1.10 bits per heavy atom. The Morgan fingerprint density at radius 2 is 1.62 bits per heavy atom. The minimum absolute atomic E-state index is 0.0441. The van der Waals surface area contributed by atoms with Gasteiger partial charge >= 0.3 is 7.12 Å². The van der Waals surface area contributed by atoms with Crippen LogP contribution in [-0.2, 0) is 9.31 Å². The number of hydrogen-bond donors (Lipinski definition) is 1. The zero-order chi connectivity index (χ0) is 15.7. The standard InChI is InChI=1S/C16H24BNO3/c1-6-11-18-14(19)12-7-9-13(10-8-12)17-20-15(2,3)16(4,5)21-17/h7-10H,6,11H2,1-5H3,(H,18,19). The molecule has 0 aromatic heterocycles. The van der Waals surface area contributed by atoms with E-state index in [1.54, 1.807) is 0 Å². The quantitative estimate of drug-likeness (QED) is 0.864. The fourth-order valence-electron chi connectivity index (χ4n) is 2.11. The molecule has 0 radical (unpaired) electrons. The first-order valence-electron chi connectivity index (χ1n) is 7.50. The molecule has 1 aromatic carbocycles. The van der Waals surface area contributed by atoms with E-state index in [-0.39, 0.29) is 24.2 Å². The number of nitrogens with one attached hydrogen (secondary N) is 1. The van der Waals surface area contributed by atoms with Gasteiger partial charge in [-0.3, -0.25) is 4.79 Å². The van der Waals surface area contributed by atoms with Crippen molar-refractivity contribution in [2.75, 3.05) is 6.54 Å². The SMILES string of the molecule is CCCNC(=O)c1ccc(B2OC(C)(C)C(C)(C)O2)cc1. The average Bonchev–Trinajstić information content (AvgIpc) is 2.65. The largest absolute Gasteiger partial charge is 0.494 e. The second kappa shape index (κ2) is 5.81. The molecule has 0 aliphatic carbocycles. The molecule has 0 saturated carbocycles. The van der Waals surface area contributed by atoms with Gasteiger partial charge in [-0.1, -0.05) is 19.1 Å². The van der Waals surface area contributed by atoms with Crippen molar-refractivity contribution in [3.05, 3.63) is 29.8 Å². The number of carbonyl (C=O) groups excluding carboxylic acids is 1. The van der Waals surface area contributed by atoms with Crippen LogP contribution in [0.2, 0.25) is 0 Å². The molecule has 0 spiro atoms. The molecule has 1 N–H and O–H groups in total. The van der Waals surface area contributed by atoms with E-state index in [4.69, 9.17) is 9.31 Å². The Kier molecular flexibility index (Phi) is 4.44. The molecule has 1 aromatic rings. The van der Waals surface area contributed by atoms with Gasteiger partial charge in [-0.15, -0.1) is 0 Å². The Bertz CT molecular complexity index is 495. The van der Waals surface area contributed by atoms with E-state index in [2.05, 4.69) is 5.32 Å². The van der Waals surface area contributed by atoms with E-state index in [0.29, 0.717) is 12.1 Å². The Hall–Kier alpha value is -1.33. The highest BCUT2D eigenvalue weighted by molar-refractivity contribution is 6.62. The maximum Gasteiger partial charge on any atom is 0.494 e. The van der Waals surface area contributed by atoms with Gasteiger partial charge in [0.2, 0.25) is 0 Å². The van der Waals surface area contributed by atoms with Crippen LogP contribution in [0.4, 0.5) is 0 Å². The van der Waals surface area contributed by atoms with Crippen LogP contribution in [0.15, 0.2) is 24.3 Å². The summed E-state index contributed by atoms with van der Waals surface area (Å²) in [6.45, 7) is 10.8. The molecule has 1 saturated heterocycles. The Labute approximate surface area is 127 Å². The highest BCUT2D eigenvalue weighted by Crippen LogP contribution is 2.36. The normalized spacial score (nSPS) is 19.6. The number of hydrogen-bond acceptors (Lipinski definition) is 3. The van der Waals surface area contributed by atoms with Gasteiger partial charge in [0.05, 0.1) is 11.2 Å². The monoisotopic (exact) mass is 289 g/mol. The summed E-state index contributed by atoms with van der Waals surface area (Å²) in [4.78, 5) is 11.9. The molecule has 21 heavy (non-hydrogen) atoms. The number of carbonyl (C=O) groups is 1. The molecule has 1 fully saturated rings. The second-order valence-corrected chi connectivity index (χ2v) is 6.47. The lowest BCUT2D eigenvalue weighted by Crippen LogP contribution is -2.41. The van der Waals surface area contributed by atoms with Crippen LogP contribution in [0.25, 0.3) is 0 Å². The summed E-state index contributed by atoms with van der Waals surface area (Å²) in [6.07, 6.45) is 0.928. The third kappa shape index (κ3) is 3.30. The highest BCUT2D eigenvalue weighted by Gasteiger charge is 2.51. The molecule has 2 rings (SSSR count). The van der Waals surface area contributed by atoms with Gasteiger partial charge < -0.3 is 14.6 Å². The van der Waals surface area contributed by atoms with E-state index >= 15 is 0 Å². The van der Waals surface area contributed by atoms with Crippen molar-refractivity contribution >= 4 is 18.5 Å². The van der Waals surface area contributed by atoms with Crippen molar-refractivity contribution in [1.82, 2.24) is 5.32 Å². The summed E-state index contributed by atoms with van der Waals surface area (Å²) in [5.74, 6) is -0.0441. The van der Waals surface area contributed by atoms with Crippen LogP contribution < -0.4 is 10.8 Å². The summed E-state index contributed by atoms with van der Waals surface area (Å²) in [5, 5.41) is 2.86. The van der Waals surface area contributed by atoms with Crippen molar-refractivity contribution in [3.63, 3.8) is 0 Å². The number of benzene rings is 1. The lowest BCUT2D eigenvalue weighted by molar-refractivity contribution is 0.00578. The van der Waals surface area contributed by atoms with Gasteiger partial charge in [-0.05, 0) is 51.7 Å². The minimum atomic E-state index is -0.386. The van der Waals surface area contributed by atoms with E-state index in [1.807, 2.05) is 58.9 Å². The van der Waals surface area contributed by atoms with Gasteiger partial charge in [0.25, 0.3) is 5.91 Å². The highest BCUT2D eigenvalue weighted by atomic mass is 16.7. The lowest BCUT2D eigenvalue weighted by Gasteiger charge is -2.32. The van der Waals surface area contributed by atoms with Crippen molar-refractivity contribution in [3.8, 4) is 0 Å². The molecular formula is C16H24BNO3. The minimum Gasteiger partial charge on any atom is -0.399 e. The first-order chi connectivity index (χ1) is 9.77. The summed E-state index contributed by atoms with van der Waals surface area (Å²) in [5.41, 5.74) is 0.883. The summed E-state index contributed by atoms with van der Waals surface area (Å²) in [7, 11) is -0.386. The zero-order valence-corrected chi connectivity index (χ0v) is 13.5. The Morgan fingerprint density at radius 3 is 2.10 bits per heavy atom. The number of rotatable bonds is 4. The third-order valence-electron chi connectivity index (χ3n) is 4.23. The van der Waals surface area contributed by atoms with Crippen LogP contribution >= 0.6 is 0 Å². The second-order valence-electron chi connectivity index (χ2n) is 6.47. The molecule has 4 nitrogen and oxygen atoms in total. The van der Waals surface area contributed by atoms with Crippen LogP contribution in [0, 0.1) is 0 Å². The van der Waals surface area contributed by atoms with Crippen LogP contribution in [0.5, 0.6) is 0 Å². The molecular weight excluding hydrogens is 265 g/mol. The van der Waals surface area contributed by atoms with E-state index in [0.717, 1.165) is 11.9 Å². The van der Waals surface area contributed by atoms with Crippen LogP contribution in [0.1, 0.15) is 51.4 Å². The summed E-state index contributed by atoms with van der Waals surface area (Å²) in [6, 6.07) is 7.41. The molecule has 1 aliphatic heterocycles. The number of amides is 1. The molecule has 1 amide bonds. The van der Waals surface area contributed by atoms with Gasteiger partial charge in [-0.2, -0.15) is 0 Å².